The van der Waals surface area contributed by atoms with Crippen LogP contribution in [0.15, 0.2) is 0 Å². The minimum absolute atomic E-state index is 0.0510. The predicted molar refractivity (Wildman–Crippen MR) is 79.8 cm³/mol. The van der Waals surface area contributed by atoms with E-state index >= 15 is 0 Å². The van der Waals surface area contributed by atoms with Gasteiger partial charge in [-0.15, -0.1) is 0 Å². The lowest BCUT2D eigenvalue weighted by molar-refractivity contribution is 0.0749. The highest BCUT2D eigenvalue weighted by atomic mass is 32.1. The van der Waals surface area contributed by atoms with Crippen molar-refractivity contribution in [2.45, 2.75) is 39.2 Å². The largest absolute Gasteiger partial charge is 0.382 e. The molecule has 6 heteroatoms. The smallest absolute Gasteiger partial charge is 0.268 e. The molecule has 106 valence electrons. The first-order valence-corrected chi connectivity index (χ1v) is 7.68. The maximum absolute atomic E-state index is 12.6. The summed E-state index contributed by atoms with van der Waals surface area (Å²) in [5.74, 6) is 0.419. The first kappa shape index (κ1) is 14.1. The van der Waals surface area contributed by atoms with Crippen LogP contribution in [-0.2, 0) is 0 Å². The molecule has 1 aromatic heterocycles. The van der Waals surface area contributed by atoms with Crippen molar-refractivity contribution in [1.82, 2.24) is 9.88 Å². The van der Waals surface area contributed by atoms with E-state index in [0.717, 1.165) is 37.5 Å². The average Bonchev–Trinajstić information content (AvgIpc) is 3.16. The van der Waals surface area contributed by atoms with Crippen molar-refractivity contribution in [1.29, 1.82) is 0 Å². The molecule has 0 saturated heterocycles. The topological polar surface area (TPSA) is 62.5 Å². The number of hydrogen-bond donors (Lipinski definition) is 1. The van der Waals surface area contributed by atoms with Crippen molar-refractivity contribution < 1.29 is 4.79 Å². The second-order valence-electron chi connectivity index (χ2n) is 4.95. The monoisotopic (exact) mass is 282 g/mol. The molecule has 19 heavy (non-hydrogen) atoms. The Labute approximate surface area is 118 Å². The standard InChI is InChI=1S/C13H22N4OS/c1-4-8-17(9-6-7-9)12(18)10-11(14)15-13(19-10)16(3)5-2/h9H,4-8,14H2,1-3H3. The lowest BCUT2D eigenvalue weighted by atomic mass is 10.3. The molecule has 0 aliphatic heterocycles. The Balaban J connectivity index is 2.19. The van der Waals surface area contributed by atoms with E-state index in [9.17, 15) is 4.79 Å². The van der Waals surface area contributed by atoms with E-state index in [2.05, 4.69) is 11.9 Å². The molecule has 2 N–H and O–H groups in total. The minimum atomic E-state index is 0.0510. The summed E-state index contributed by atoms with van der Waals surface area (Å²) < 4.78 is 0. The summed E-state index contributed by atoms with van der Waals surface area (Å²) >= 11 is 1.40. The van der Waals surface area contributed by atoms with Gasteiger partial charge in [-0.25, -0.2) is 4.98 Å². The summed E-state index contributed by atoms with van der Waals surface area (Å²) in [4.78, 5) is 21.4. The Morgan fingerprint density at radius 2 is 2.16 bits per heavy atom. The number of amides is 1. The molecule has 5 nitrogen and oxygen atoms in total. The number of thiazole rings is 1. The van der Waals surface area contributed by atoms with Crippen molar-refractivity contribution in [2.24, 2.45) is 0 Å². The molecule has 0 unspecified atom stereocenters. The van der Waals surface area contributed by atoms with Gasteiger partial charge in [-0.3, -0.25) is 4.79 Å². The molecule has 0 atom stereocenters. The zero-order chi connectivity index (χ0) is 14.0. The quantitative estimate of drug-likeness (QED) is 0.869. The lowest BCUT2D eigenvalue weighted by Crippen LogP contribution is -2.33. The van der Waals surface area contributed by atoms with Crippen LogP contribution >= 0.6 is 11.3 Å². The van der Waals surface area contributed by atoms with E-state index in [1.54, 1.807) is 0 Å². The molecule has 0 radical (unpaired) electrons. The zero-order valence-corrected chi connectivity index (χ0v) is 12.7. The number of rotatable bonds is 6. The van der Waals surface area contributed by atoms with E-state index in [1.807, 2.05) is 23.8 Å². The normalized spacial score (nSPS) is 14.5. The van der Waals surface area contributed by atoms with Gasteiger partial charge in [0.1, 0.15) is 10.7 Å². The van der Waals surface area contributed by atoms with Gasteiger partial charge in [0, 0.05) is 26.2 Å². The molecule has 0 aromatic carbocycles. The van der Waals surface area contributed by atoms with Crippen LogP contribution in [0.4, 0.5) is 10.9 Å². The Kier molecular flexibility index (Phi) is 4.29. The number of nitrogens with two attached hydrogens (primary N) is 1. The second kappa shape index (κ2) is 5.77. The molecule has 1 fully saturated rings. The summed E-state index contributed by atoms with van der Waals surface area (Å²) in [6.07, 6.45) is 3.21. The molecule has 1 aliphatic rings. The fourth-order valence-electron chi connectivity index (χ4n) is 1.98. The maximum Gasteiger partial charge on any atom is 0.268 e. The summed E-state index contributed by atoms with van der Waals surface area (Å²) in [6, 6.07) is 0.418. The van der Waals surface area contributed by atoms with Gasteiger partial charge in [0.25, 0.3) is 5.91 Å². The highest BCUT2D eigenvalue weighted by Crippen LogP contribution is 2.33. The van der Waals surface area contributed by atoms with Gasteiger partial charge in [0.05, 0.1) is 0 Å². The molecule has 0 spiro atoms. The Morgan fingerprint density at radius 3 is 2.68 bits per heavy atom. The third-order valence-electron chi connectivity index (χ3n) is 3.35. The number of carbonyl (C=O) groups is 1. The lowest BCUT2D eigenvalue weighted by Gasteiger charge is -2.20. The molecule has 1 saturated carbocycles. The van der Waals surface area contributed by atoms with Crippen molar-refractivity contribution in [2.75, 3.05) is 30.8 Å². The molecule has 1 heterocycles. The van der Waals surface area contributed by atoms with Gasteiger partial charge in [-0.05, 0) is 26.2 Å². The van der Waals surface area contributed by atoms with Crippen LogP contribution in [0, 0.1) is 0 Å². The molecule has 2 rings (SSSR count). The number of aromatic nitrogens is 1. The second-order valence-corrected chi connectivity index (χ2v) is 5.93. The van der Waals surface area contributed by atoms with Crippen LogP contribution in [0.3, 0.4) is 0 Å². The number of nitrogens with zero attached hydrogens (tertiary/aromatic N) is 3. The Bertz CT molecular complexity index is 455. The number of carbonyl (C=O) groups excluding carboxylic acids is 1. The van der Waals surface area contributed by atoms with Crippen LogP contribution < -0.4 is 10.6 Å². The van der Waals surface area contributed by atoms with Crippen molar-refractivity contribution in [3.05, 3.63) is 4.88 Å². The highest BCUT2D eigenvalue weighted by molar-refractivity contribution is 7.18. The molecular weight excluding hydrogens is 260 g/mol. The van der Waals surface area contributed by atoms with Crippen molar-refractivity contribution in [3.63, 3.8) is 0 Å². The van der Waals surface area contributed by atoms with Gasteiger partial charge in [-0.1, -0.05) is 18.3 Å². The summed E-state index contributed by atoms with van der Waals surface area (Å²) in [7, 11) is 1.96. The average molecular weight is 282 g/mol. The van der Waals surface area contributed by atoms with Crippen LogP contribution in [0.2, 0.25) is 0 Å². The number of hydrogen-bond acceptors (Lipinski definition) is 5. The first-order chi connectivity index (χ1) is 9.08. The molecule has 1 aliphatic carbocycles. The van der Waals surface area contributed by atoms with Gasteiger partial charge in [0.2, 0.25) is 0 Å². The van der Waals surface area contributed by atoms with E-state index in [4.69, 9.17) is 5.73 Å². The fraction of sp³-hybridized carbons (Fsp3) is 0.692. The maximum atomic E-state index is 12.6. The molecule has 1 amide bonds. The predicted octanol–water partition coefficient (Wildman–Crippen LogP) is 2.20. The fourth-order valence-corrected chi connectivity index (χ4v) is 2.95. The SMILES string of the molecule is CCCN(C(=O)c1sc(N(C)CC)nc1N)C1CC1. The van der Waals surface area contributed by atoms with E-state index in [1.165, 1.54) is 11.3 Å². The van der Waals surface area contributed by atoms with Crippen LogP contribution in [0.5, 0.6) is 0 Å². The summed E-state index contributed by atoms with van der Waals surface area (Å²) in [5, 5.41) is 0.815. The van der Waals surface area contributed by atoms with Crippen LogP contribution in [0.1, 0.15) is 42.8 Å². The number of anilines is 2. The molecule has 1 aromatic rings. The van der Waals surface area contributed by atoms with Gasteiger partial charge in [-0.2, -0.15) is 0 Å². The Hall–Kier alpha value is -1.30. The van der Waals surface area contributed by atoms with E-state index in [-0.39, 0.29) is 5.91 Å². The third-order valence-corrected chi connectivity index (χ3v) is 4.52. The minimum Gasteiger partial charge on any atom is -0.382 e. The molecular formula is C13H22N4OS. The highest BCUT2D eigenvalue weighted by Gasteiger charge is 2.34. The van der Waals surface area contributed by atoms with Gasteiger partial charge in [0.15, 0.2) is 5.13 Å². The van der Waals surface area contributed by atoms with E-state index in [0.29, 0.717) is 16.7 Å². The van der Waals surface area contributed by atoms with E-state index < -0.39 is 0 Å². The van der Waals surface area contributed by atoms with Gasteiger partial charge >= 0.3 is 0 Å². The van der Waals surface area contributed by atoms with Crippen molar-refractivity contribution >= 4 is 28.2 Å². The van der Waals surface area contributed by atoms with Crippen molar-refractivity contribution in [3.8, 4) is 0 Å². The number of nitrogen functional groups attached to an aromatic ring is 1. The van der Waals surface area contributed by atoms with Crippen LogP contribution in [0.25, 0.3) is 0 Å². The zero-order valence-electron chi connectivity index (χ0n) is 11.8. The van der Waals surface area contributed by atoms with Crippen LogP contribution in [-0.4, -0.2) is 42.0 Å². The van der Waals surface area contributed by atoms with Gasteiger partial charge < -0.3 is 15.5 Å². The summed E-state index contributed by atoms with van der Waals surface area (Å²) in [5.41, 5.74) is 5.91. The first-order valence-electron chi connectivity index (χ1n) is 6.86. The third kappa shape index (κ3) is 3.00. The Morgan fingerprint density at radius 1 is 1.47 bits per heavy atom. The molecule has 0 bridgehead atoms. The summed E-state index contributed by atoms with van der Waals surface area (Å²) in [6.45, 7) is 5.79.